The summed E-state index contributed by atoms with van der Waals surface area (Å²) < 4.78 is 5.47. The first-order valence-corrected chi connectivity index (χ1v) is 7.12. The highest BCUT2D eigenvalue weighted by Gasteiger charge is 2.31. The van der Waals surface area contributed by atoms with Crippen molar-refractivity contribution in [3.8, 4) is 0 Å². The summed E-state index contributed by atoms with van der Waals surface area (Å²) in [6.07, 6.45) is 0.922. The third-order valence-corrected chi connectivity index (χ3v) is 3.54. The van der Waals surface area contributed by atoms with Gasteiger partial charge in [0.15, 0.2) is 0 Å². The highest BCUT2D eigenvalue weighted by molar-refractivity contribution is 5.87. The number of anilines is 2. The van der Waals surface area contributed by atoms with Crippen molar-refractivity contribution in [2.45, 2.75) is 26.3 Å². The molecule has 1 aliphatic heterocycles. The second-order valence-electron chi connectivity index (χ2n) is 5.09. The van der Waals surface area contributed by atoms with E-state index in [2.05, 4.69) is 10.2 Å². The fourth-order valence-corrected chi connectivity index (χ4v) is 2.53. The van der Waals surface area contributed by atoms with Gasteiger partial charge in [-0.1, -0.05) is 19.1 Å². The number of carbonyl (C=O) groups excluding carboxylic acids is 1. The molecule has 0 saturated carbocycles. The van der Waals surface area contributed by atoms with Gasteiger partial charge in [0.2, 0.25) is 5.91 Å². The molecule has 0 aliphatic carbocycles. The first-order chi connectivity index (χ1) is 9.65. The molecule has 1 aliphatic rings. The van der Waals surface area contributed by atoms with Gasteiger partial charge in [-0.3, -0.25) is 4.79 Å². The van der Waals surface area contributed by atoms with Crippen LogP contribution < -0.4 is 16.0 Å². The van der Waals surface area contributed by atoms with Gasteiger partial charge in [0.25, 0.3) is 0 Å². The van der Waals surface area contributed by atoms with Crippen LogP contribution in [-0.4, -0.2) is 38.3 Å². The Balaban J connectivity index is 2.24. The van der Waals surface area contributed by atoms with Gasteiger partial charge in [-0.2, -0.15) is 0 Å². The van der Waals surface area contributed by atoms with Crippen LogP contribution in [0.25, 0.3) is 0 Å². The number of amides is 1. The Morgan fingerprint density at radius 2 is 2.35 bits per heavy atom. The van der Waals surface area contributed by atoms with Crippen molar-refractivity contribution in [1.82, 2.24) is 5.32 Å². The number of nitrogen functional groups attached to an aromatic ring is 1. The molecule has 5 nitrogen and oxygen atoms in total. The Labute approximate surface area is 120 Å². The van der Waals surface area contributed by atoms with Crippen molar-refractivity contribution in [3.05, 3.63) is 23.8 Å². The Kier molecular flexibility index (Phi) is 4.84. The van der Waals surface area contributed by atoms with Crippen LogP contribution in [0, 0.1) is 6.92 Å². The molecule has 1 aromatic rings. The summed E-state index contributed by atoms with van der Waals surface area (Å²) in [5, 5.41) is 2.94. The van der Waals surface area contributed by atoms with E-state index in [0.29, 0.717) is 32.0 Å². The molecule has 20 heavy (non-hydrogen) atoms. The van der Waals surface area contributed by atoms with Crippen molar-refractivity contribution < 1.29 is 9.53 Å². The first-order valence-electron chi connectivity index (χ1n) is 7.12. The summed E-state index contributed by atoms with van der Waals surface area (Å²) in [5.41, 5.74) is 8.84. The molecule has 0 radical (unpaired) electrons. The zero-order valence-electron chi connectivity index (χ0n) is 12.2. The third kappa shape index (κ3) is 3.04. The fourth-order valence-electron chi connectivity index (χ4n) is 2.53. The molecule has 1 saturated heterocycles. The van der Waals surface area contributed by atoms with Crippen LogP contribution >= 0.6 is 0 Å². The van der Waals surface area contributed by atoms with E-state index >= 15 is 0 Å². The number of rotatable bonds is 4. The third-order valence-electron chi connectivity index (χ3n) is 3.54. The summed E-state index contributed by atoms with van der Waals surface area (Å²) in [6, 6.07) is 5.51. The van der Waals surface area contributed by atoms with E-state index in [1.807, 2.05) is 32.0 Å². The SMILES string of the molecule is CCCNC(=O)C1COCCN1c1c(C)cccc1N. The fraction of sp³-hybridized carbons (Fsp3) is 0.533. The lowest BCUT2D eigenvalue weighted by Gasteiger charge is -2.37. The highest BCUT2D eigenvalue weighted by atomic mass is 16.5. The molecule has 1 heterocycles. The van der Waals surface area contributed by atoms with Crippen molar-refractivity contribution in [2.75, 3.05) is 36.9 Å². The molecule has 5 heteroatoms. The minimum Gasteiger partial charge on any atom is -0.397 e. The smallest absolute Gasteiger partial charge is 0.245 e. The molecule has 2 rings (SSSR count). The van der Waals surface area contributed by atoms with Crippen molar-refractivity contribution >= 4 is 17.3 Å². The van der Waals surface area contributed by atoms with Gasteiger partial charge in [-0.25, -0.2) is 0 Å². The van der Waals surface area contributed by atoms with Crippen LogP contribution in [-0.2, 0) is 9.53 Å². The summed E-state index contributed by atoms with van der Waals surface area (Å²) in [4.78, 5) is 14.4. The lowest BCUT2D eigenvalue weighted by Crippen LogP contribution is -2.54. The Morgan fingerprint density at radius 3 is 3.05 bits per heavy atom. The van der Waals surface area contributed by atoms with Gasteiger partial charge in [0, 0.05) is 13.1 Å². The number of aryl methyl sites for hydroxylation is 1. The Hall–Kier alpha value is -1.75. The van der Waals surface area contributed by atoms with E-state index in [4.69, 9.17) is 10.5 Å². The second kappa shape index (κ2) is 6.61. The van der Waals surface area contributed by atoms with E-state index in [9.17, 15) is 4.79 Å². The van der Waals surface area contributed by atoms with E-state index in [1.165, 1.54) is 0 Å². The monoisotopic (exact) mass is 277 g/mol. The lowest BCUT2D eigenvalue weighted by atomic mass is 10.1. The molecular formula is C15H23N3O2. The van der Waals surface area contributed by atoms with E-state index in [-0.39, 0.29) is 11.9 Å². The number of nitrogens with zero attached hydrogens (tertiary/aromatic N) is 1. The number of benzene rings is 1. The Morgan fingerprint density at radius 1 is 1.55 bits per heavy atom. The molecule has 3 N–H and O–H groups in total. The minimum absolute atomic E-state index is 0.00852. The zero-order chi connectivity index (χ0) is 14.5. The molecule has 1 atom stereocenters. The highest BCUT2D eigenvalue weighted by Crippen LogP contribution is 2.30. The maximum Gasteiger partial charge on any atom is 0.245 e. The maximum atomic E-state index is 12.3. The summed E-state index contributed by atoms with van der Waals surface area (Å²) in [5.74, 6) is 0.00852. The quantitative estimate of drug-likeness (QED) is 0.814. The van der Waals surface area contributed by atoms with Gasteiger partial charge in [-0.15, -0.1) is 0 Å². The van der Waals surface area contributed by atoms with Gasteiger partial charge in [0.1, 0.15) is 6.04 Å². The van der Waals surface area contributed by atoms with Crippen molar-refractivity contribution in [1.29, 1.82) is 0 Å². The largest absolute Gasteiger partial charge is 0.397 e. The van der Waals surface area contributed by atoms with Crippen LogP contribution in [0.2, 0.25) is 0 Å². The number of ether oxygens (including phenoxy) is 1. The molecular weight excluding hydrogens is 254 g/mol. The normalized spacial score (nSPS) is 18.9. The number of hydrogen-bond donors (Lipinski definition) is 2. The van der Waals surface area contributed by atoms with E-state index in [0.717, 1.165) is 17.7 Å². The lowest BCUT2D eigenvalue weighted by molar-refractivity contribution is -0.124. The average Bonchev–Trinajstić information content (AvgIpc) is 2.45. The second-order valence-corrected chi connectivity index (χ2v) is 5.09. The standard InChI is InChI=1S/C15H23N3O2/c1-3-7-17-15(19)13-10-20-9-8-18(13)14-11(2)5-4-6-12(14)16/h4-6,13H,3,7-10,16H2,1-2H3,(H,17,19). The first kappa shape index (κ1) is 14.7. The number of para-hydroxylation sites is 1. The van der Waals surface area contributed by atoms with Gasteiger partial charge >= 0.3 is 0 Å². The molecule has 1 unspecified atom stereocenters. The number of morpholine rings is 1. The molecule has 1 fully saturated rings. The number of nitrogens with one attached hydrogen (secondary N) is 1. The van der Waals surface area contributed by atoms with Crippen LogP contribution in [0.4, 0.5) is 11.4 Å². The topological polar surface area (TPSA) is 67.6 Å². The van der Waals surface area contributed by atoms with Crippen molar-refractivity contribution in [2.24, 2.45) is 0 Å². The molecule has 1 aromatic carbocycles. The van der Waals surface area contributed by atoms with Gasteiger partial charge in [0.05, 0.1) is 24.6 Å². The maximum absolute atomic E-state index is 12.3. The predicted molar refractivity (Wildman–Crippen MR) is 80.8 cm³/mol. The Bertz CT molecular complexity index is 456. The molecule has 110 valence electrons. The number of nitrogens with two attached hydrogens (primary N) is 1. The summed E-state index contributed by atoms with van der Waals surface area (Å²) >= 11 is 0. The summed E-state index contributed by atoms with van der Waals surface area (Å²) in [6.45, 7) is 6.44. The van der Waals surface area contributed by atoms with Crippen molar-refractivity contribution in [3.63, 3.8) is 0 Å². The summed E-state index contributed by atoms with van der Waals surface area (Å²) in [7, 11) is 0. The molecule has 1 amide bonds. The predicted octanol–water partition coefficient (Wildman–Crippen LogP) is 1.31. The van der Waals surface area contributed by atoms with Gasteiger partial charge in [-0.05, 0) is 25.0 Å². The van der Waals surface area contributed by atoms with Crippen LogP contribution in [0.1, 0.15) is 18.9 Å². The number of hydrogen-bond acceptors (Lipinski definition) is 4. The van der Waals surface area contributed by atoms with Crippen LogP contribution in [0.5, 0.6) is 0 Å². The zero-order valence-corrected chi connectivity index (χ0v) is 12.2. The van der Waals surface area contributed by atoms with E-state index in [1.54, 1.807) is 0 Å². The minimum atomic E-state index is -0.307. The number of carbonyl (C=O) groups is 1. The molecule has 0 aromatic heterocycles. The average molecular weight is 277 g/mol. The van der Waals surface area contributed by atoms with Crippen LogP contribution in [0.15, 0.2) is 18.2 Å². The van der Waals surface area contributed by atoms with E-state index < -0.39 is 0 Å². The van der Waals surface area contributed by atoms with Gasteiger partial charge < -0.3 is 20.7 Å². The molecule has 0 spiro atoms. The molecule has 0 bridgehead atoms. The van der Waals surface area contributed by atoms with Crippen LogP contribution in [0.3, 0.4) is 0 Å².